The third-order valence-electron chi connectivity index (χ3n) is 3.09. The van der Waals surface area contributed by atoms with E-state index < -0.39 is 6.10 Å². The Morgan fingerprint density at radius 1 is 1.39 bits per heavy atom. The number of rotatable bonds is 4. The largest absolute Gasteiger partial charge is 0.386 e. The first kappa shape index (κ1) is 13.3. The monoisotopic (exact) mass is 312 g/mol. The summed E-state index contributed by atoms with van der Waals surface area (Å²) in [6, 6.07) is 1.83. The number of aliphatic hydroxyl groups excluding tert-OH is 1. The Hall–Kier alpha value is -1.14. The average Bonchev–Trinajstić information content (AvgIpc) is 2.87. The molecule has 1 unspecified atom stereocenters. The minimum absolute atomic E-state index is 0.517. The summed E-state index contributed by atoms with van der Waals surface area (Å²) >= 11 is 3.56. The van der Waals surface area contributed by atoms with Crippen molar-refractivity contribution in [1.82, 2.24) is 19.6 Å². The maximum absolute atomic E-state index is 10.3. The molecule has 5 nitrogen and oxygen atoms in total. The molecule has 0 amide bonds. The normalized spacial score (nSPS) is 12.9. The van der Waals surface area contributed by atoms with Crippen molar-refractivity contribution < 1.29 is 5.11 Å². The van der Waals surface area contributed by atoms with Crippen molar-refractivity contribution in [2.24, 2.45) is 14.1 Å². The summed E-state index contributed by atoms with van der Waals surface area (Å²) in [7, 11) is 3.73. The second-order valence-corrected chi connectivity index (χ2v) is 5.08. The van der Waals surface area contributed by atoms with Crippen LogP contribution < -0.4 is 0 Å². The van der Waals surface area contributed by atoms with Crippen molar-refractivity contribution in [2.75, 3.05) is 0 Å². The van der Waals surface area contributed by atoms with Gasteiger partial charge in [0.25, 0.3) is 0 Å². The number of nitrogens with zero attached hydrogens (tertiary/aromatic N) is 4. The molecule has 2 aromatic rings. The smallest absolute Gasteiger partial charge is 0.101 e. The van der Waals surface area contributed by atoms with Gasteiger partial charge in [-0.15, -0.1) is 0 Å². The van der Waals surface area contributed by atoms with Crippen LogP contribution in [0.5, 0.6) is 0 Å². The third kappa shape index (κ3) is 2.35. The Labute approximate surface area is 115 Å². The van der Waals surface area contributed by atoms with Gasteiger partial charge in [0.15, 0.2) is 0 Å². The van der Waals surface area contributed by atoms with E-state index in [9.17, 15) is 5.11 Å². The van der Waals surface area contributed by atoms with Crippen molar-refractivity contribution in [2.45, 2.75) is 25.9 Å². The van der Waals surface area contributed by atoms with Gasteiger partial charge in [-0.3, -0.25) is 9.36 Å². The minimum atomic E-state index is -0.575. The molecule has 0 saturated heterocycles. The van der Waals surface area contributed by atoms with E-state index in [1.54, 1.807) is 10.9 Å². The van der Waals surface area contributed by atoms with Crippen LogP contribution in [0, 0.1) is 0 Å². The van der Waals surface area contributed by atoms with E-state index in [0.29, 0.717) is 6.42 Å². The van der Waals surface area contributed by atoms with Gasteiger partial charge in [0.2, 0.25) is 0 Å². The number of aryl methyl sites for hydroxylation is 3. The summed E-state index contributed by atoms with van der Waals surface area (Å²) < 4.78 is 4.51. The molecule has 0 aliphatic heterocycles. The molecule has 2 aromatic heterocycles. The highest BCUT2D eigenvalue weighted by Gasteiger charge is 2.19. The molecule has 0 aromatic carbocycles. The van der Waals surface area contributed by atoms with Crippen molar-refractivity contribution in [3.8, 4) is 0 Å². The zero-order valence-corrected chi connectivity index (χ0v) is 12.3. The molecule has 98 valence electrons. The molecule has 1 atom stereocenters. The first-order valence-corrected chi connectivity index (χ1v) is 6.70. The third-order valence-corrected chi connectivity index (χ3v) is 4.01. The molecule has 2 heterocycles. The first-order chi connectivity index (χ1) is 8.54. The molecule has 1 N–H and O–H groups in total. The van der Waals surface area contributed by atoms with Gasteiger partial charge < -0.3 is 5.11 Å². The van der Waals surface area contributed by atoms with Crippen LogP contribution in [0.25, 0.3) is 0 Å². The van der Waals surface area contributed by atoms with Gasteiger partial charge in [-0.2, -0.15) is 10.2 Å². The quantitative estimate of drug-likeness (QED) is 0.936. The lowest BCUT2D eigenvalue weighted by atomic mass is 10.1. The summed E-state index contributed by atoms with van der Waals surface area (Å²) in [6.07, 6.45) is 2.50. The van der Waals surface area contributed by atoms with Gasteiger partial charge in [0.05, 0.1) is 21.6 Å². The topological polar surface area (TPSA) is 55.9 Å². The summed E-state index contributed by atoms with van der Waals surface area (Å²) in [4.78, 5) is 0. The first-order valence-electron chi connectivity index (χ1n) is 5.90. The fourth-order valence-electron chi connectivity index (χ4n) is 2.04. The van der Waals surface area contributed by atoms with Crippen molar-refractivity contribution in [3.63, 3.8) is 0 Å². The predicted molar refractivity (Wildman–Crippen MR) is 72.2 cm³/mol. The number of aromatic nitrogens is 4. The zero-order chi connectivity index (χ0) is 13.3. The Bertz CT molecular complexity index is 546. The van der Waals surface area contributed by atoms with Crippen LogP contribution in [0.1, 0.15) is 30.1 Å². The number of halogens is 1. The van der Waals surface area contributed by atoms with Gasteiger partial charge in [-0.1, -0.05) is 6.92 Å². The zero-order valence-electron chi connectivity index (χ0n) is 10.8. The number of hydrogen-bond donors (Lipinski definition) is 1. The van der Waals surface area contributed by atoms with Crippen molar-refractivity contribution >= 4 is 15.9 Å². The summed E-state index contributed by atoms with van der Waals surface area (Å²) in [5.74, 6) is 0. The molecule has 0 aliphatic rings. The molecule has 2 rings (SSSR count). The molecule has 0 radical (unpaired) electrons. The fraction of sp³-hybridized carbons (Fsp3) is 0.500. The van der Waals surface area contributed by atoms with Crippen LogP contribution in [-0.4, -0.2) is 24.7 Å². The van der Waals surface area contributed by atoms with Gasteiger partial charge in [0.1, 0.15) is 6.10 Å². The van der Waals surface area contributed by atoms with Gasteiger partial charge in [-0.25, -0.2) is 0 Å². The summed E-state index contributed by atoms with van der Waals surface area (Å²) in [6.45, 7) is 2.06. The van der Waals surface area contributed by atoms with Crippen LogP contribution >= 0.6 is 15.9 Å². The minimum Gasteiger partial charge on any atom is -0.386 e. The van der Waals surface area contributed by atoms with Gasteiger partial charge >= 0.3 is 0 Å². The average molecular weight is 313 g/mol. The van der Waals surface area contributed by atoms with Crippen LogP contribution in [0.2, 0.25) is 0 Å². The van der Waals surface area contributed by atoms with Gasteiger partial charge in [-0.05, 0) is 28.4 Å². The summed E-state index contributed by atoms with van der Waals surface area (Å²) in [5, 5.41) is 18.7. The Morgan fingerprint density at radius 2 is 2.11 bits per heavy atom. The molecule has 0 bridgehead atoms. The molecule has 0 aliphatic carbocycles. The highest BCUT2D eigenvalue weighted by atomic mass is 79.9. The molecular weight excluding hydrogens is 296 g/mol. The standard InChI is InChI=1S/C12H17BrN4O/c1-4-8-12(13)10(17(3)15-8)7-11(18)9-5-6-14-16(9)2/h5-6,11,18H,4,7H2,1-3H3. The predicted octanol–water partition coefficient (Wildman–Crippen LogP) is 1.75. The van der Waals surface area contributed by atoms with E-state index in [-0.39, 0.29) is 0 Å². The van der Waals surface area contributed by atoms with Crippen LogP contribution in [0.3, 0.4) is 0 Å². The molecule has 0 saturated carbocycles. The lowest BCUT2D eigenvalue weighted by Gasteiger charge is -2.11. The Balaban J connectivity index is 2.24. The lowest BCUT2D eigenvalue weighted by molar-refractivity contribution is 0.166. The SMILES string of the molecule is CCc1nn(C)c(CC(O)c2ccnn2C)c1Br. The maximum atomic E-state index is 10.3. The van der Waals surface area contributed by atoms with E-state index in [1.807, 2.05) is 24.8 Å². The highest BCUT2D eigenvalue weighted by Crippen LogP contribution is 2.26. The Kier molecular flexibility index (Phi) is 3.87. The van der Waals surface area contributed by atoms with E-state index in [0.717, 1.165) is 28.0 Å². The van der Waals surface area contributed by atoms with Crippen molar-refractivity contribution in [1.29, 1.82) is 0 Å². The maximum Gasteiger partial charge on any atom is 0.101 e. The molecule has 18 heavy (non-hydrogen) atoms. The second-order valence-electron chi connectivity index (χ2n) is 4.28. The van der Waals surface area contributed by atoms with E-state index in [2.05, 4.69) is 33.1 Å². The van der Waals surface area contributed by atoms with E-state index in [1.165, 1.54) is 0 Å². The fourth-order valence-corrected chi connectivity index (χ4v) is 2.82. The molecular formula is C12H17BrN4O. The molecule has 0 spiro atoms. The number of hydrogen-bond acceptors (Lipinski definition) is 3. The molecule has 0 fully saturated rings. The highest BCUT2D eigenvalue weighted by molar-refractivity contribution is 9.10. The van der Waals surface area contributed by atoms with Crippen molar-refractivity contribution in [3.05, 3.63) is 33.8 Å². The van der Waals surface area contributed by atoms with Gasteiger partial charge in [0, 0.05) is 26.7 Å². The summed E-state index contributed by atoms with van der Waals surface area (Å²) in [5.41, 5.74) is 2.83. The van der Waals surface area contributed by atoms with E-state index in [4.69, 9.17) is 0 Å². The van der Waals surface area contributed by atoms with Crippen LogP contribution in [0.15, 0.2) is 16.7 Å². The molecule has 6 heteroatoms. The number of aliphatic hydroxyl groups is 1. The Morgan fingerprint density at radius 3 is 2.61 bits per heavy atom. The van der Waals surface area contributed by atoms with Crippen LogP contribution in [-0.2, 0) is 26.9 Å². The lowest BCUT2D eigenvalue weighted by Crippen LogP contribution is -2.10. The van der Waals surface area contributed by atoms with E-state index >= 15 is 0 Å². The van der Waals surface area contributed by atoms with Crippen LogP contribution in [0.4, 0.5) is 0 Å². The second kappa shape index (κ2) is 5.24.